The number of hydrogen-bond donors (Lipinski definition) is 1. The zero-order valence-corrected chi connectivity index (χ0v) is 10.2. The molecule has 0 aromatic heterocycles. The molecular weight excluding hydrogens is 224 g/mol. The van der Waals surface area contributed by atoms with Crippen LogP contribution >= 0.6 is 0 Å². The van der Waals surface area contributed by atoms with E-state index in [0.29, 0.717) is 13.0 Å². The minimum Gasteiger partial charge on any atom is -0.493 e. The summed E-state index contributed by atoms with van der Waals surface area (Å²) >= 11 is 0. The van der Waals surface area contributed by atoms with Crippen molar-refractivity contribution in [2.24, 2.45) is 0 Å². The van der Waals surface area contributed by atoms with Crippen molar-refractivity contribution in [3.05, 3.63) is 65.2 Å². The Labute approximate surface area is 107 Å². The van der Waals surface area contributed by atoms with Gasteiger partial charge in [-0.05, 0) is 29.7 Å². The van der Waals surface area contributed by atoms with Crippen LogP contribution in [0.5, 0.6) is 5.75 Å². The first-order valence-corrected chi connectivity index (χ1v) is 6.30. The number of fused-ring (bicyclic) bond motifs is 1. The first-order chi connectivity index (χ1) is 8.83. The highest BCUT2D eigenvalue weighted by Gasteiger charge is 2.19. The van der Waals surface area contributed by atoms with Gasteiger partial charge >= 0.3 is 0 Å². The van der Waals surface area contributed by atoms with Crippen LogP contribution in [-0.2, 0) is 6.42 Å². The lowest BCUT2D eigenvalue weighted by molar-refractivity contribution is 0.115. The van der Waals surface area contributed by atoms with Crippen molar-refractivity contribution in [2.75, 3.05) is 6.61 Å². The summed E-state index contributed by atoms with van der Waals surface area (Å²) in [6, 6.07) is 16.5. The molecular formula is C16H16O2. The molecule has 18 heavy (non-hydrogen) atoms. The summed E-state index contributed by atoms with van der Waals surface area (Å²) in [6.45, 7) is 0.603. The number of ether oxygens (including phenoxy) is 1. The molecule has 2 aromatic carbocycles. The van der Waals surface area contributed by atoms with Crippen LogP contribution in [0, 0.1) is 0 Å². The van der Waals surface area contributed by atoms with Crippen molar-refractivity contribution < 1.29 is 9.84 Å². The van der Waals surface area contributed by atoms with Gasteiger partial charge in [0, 0.05) is 12.0 Å². The largest absolute Gasteiger partial charge is 0.493 e. The van der Waals surface area contributed by atoms with E-state index in [1.54, 1.807) is 0 Å². The lowest BCUT2D eigenvalue weighted by Gasteiger charge is -2.22. The highest BCUT2D eigenvalue weighted by Crippen LogP contribution is 2.32. The molecule has 0 saturated heterocycles. The first-order valence-electron chi connectivity index (χ1n) is 6.30. The molecule has 92 valence electrons. The second-order valence-electron chi connectivity index (χ2n) is 4.69. The van der Waals surface area contributed by atoms with Crippen molar-refractivity contribution in [2.45, 2.75) is 18.9 Å². The molecule has 1 aliphatic rings. The van der Waals surface area contributed by atoms with Gasteiger partial charge < -0.3 is 9.84 Å². The Balaban J connectivity index is 1.88. The molecule has 0 bridgehead atoms. The Hall–Kier alpha value is -1.80. The first kappa shape index (κ1) is 11.3. The molecule has 0 saturated carbocycles. The van der Waals surface area contributed by atoms with Gasteiger partial charge in [-0.3, -0.25) is 0 Å². The van der Waals surface area contributed by atoms with Crippen molar-refractivity contribution in [1.82, 2.24) is 0 Å². The number of rotatable bonds is 2. The topological polar surface area (TPSA) is 29.5 Å². The standard InChI is InChI=1S/C16H16O2/c17-15-8-9-18-16-7-6-13(11-14(15)16)10-12-4-2-1-3-5-12/h1-7,11,15,17H,8-10H2/t15-/m1/s1. The van der Waals surface area contributed by atoms with E-state index in [9.17, 15) is 5.11 Å². The van der Waals surface area contributed by atoms with Crippen LogP contribution in [0.1, 0.15) is 29.2 Å². The monoisotopic (exact) mass is 240 g/mol. The highest BCUT2D eigenvalue weighted by atomic mass is 16.5. The molecule has 2 nitrogen and oxygen atoms in total. The van der Waals surface area contributed by atoms with E-state index in [1.807, 2.05) is 24.3 Å². The zero-order chi connectivity index (χ0) is 12.4. The Morgan fingerprint density at radius 1 is 1.06 bits per heavy atom. The van der Waals surface area contributed by atoms with Crippen LogP contribution in [0.4, 0.5) is 0 Å². The Morgan fingerprint density at radius 3 is 2.72 bits per heavy atom. The third-order valence-electron chi connectivity index (χ3n) is 3.33. The summed E-state index contributed by atoms with van der Waals surface area (Å²) in [4.78, 5) is 0. The summed E-state index contributed by atoms with van der Waals surface area (Å²) in [6.07, 6.45) is 1.19. The average molecular weight is 240 g/mol. The van der Waals surface area contributed by atoms with Gasteiger partial charge in [-0.1, -0.05) is 36.4 Å². The second-order valence-corrected chi connectivity index (χ2v) is 4.69. The molecule has 0 amide bonds. The molecule has 0 aliphatic carbocycles. The van der Waals surface area contributed by atoms with Gasteiger partial charge in [0.15, 0.2) is 0 Å². The van der Waals surface area contributed by atoms with Crippen molar-refractivity contribution in [3.8, 4) is 5.75 Å². The van der Waals surface area contributed by atoms with Crippen molar-refractivity contribution in [3.63, 3.8) is 0 Å². The highest BCUT2D eigenvalue weighted by molar-refractivity contribution is 5.41. The maximum absolute atomic E-state index is 9.97. The molecule has 0 fully saturated rings. The fourth-order valence-electron chi connectivity index (χ4n) is 2.37. The van der Waals surface area contributed by atoms with Gasteiger partial charge in [-0.15, -0.1) is 0 Å². The van der Waals surface area contributed by atoms with Gasteiger partial charge in [0.1, 0.15) is 5.75 Å². The molecule has 1 N–H and O–H groups in total. The molecule has 0 radical (unpaired) electrons. The number of benzene rings is 2. The fourth-order valence-corrected chi connectivity index (χ4v) is 2.37. The molecule has 0 unspecified atom stereocenters. The fraction of sp³-hybridized carbons (Fsp3) is 0.250. The SMILES string of the molecule is O[C@@H]1CCOc2ccc(Cc3ccccc3)cc21. The lowest BCUT2D eigenvalue weighted by atomic mass is 9.97. The molecule has 1 aliphatic heterocycles. The number of aliphatic hydroxyl groups is 1. The predicted octanol–water partition coefficient (Wildman–Crippen LogP) is 3.09. The van der Waals surface area contributed by atoms with Gasteiger partial charge in [0.2, 0.25) is 0 Å². The summed E-state index contributed by atoms with van der Waals surface area (Å²) in [5.74, 6) is 0.825. The van der Waals surface area contributed by atoms with E-state index in [0.717, 1.165) is 17.7 Å². The van der Waals surface area contributed by atoms with Crippen LogP contribution in [0.2, 0.25) is 0 Å². The van der Waals surface area contributed by atoms with Gasteiger partial charge in [-0.25, -0.2) is 0 Å². The maximum Gasteiger partial charge on any atom is 0.125 e. The second kappa shape index (κ2) is 4.83. The quantitative estimate of drug-likeness (QED) is 0.874. The third-order valence-corrected chi connectivity index (χ3v) is 3.33. The Morgan fingerprint density at radius 2 is 1.89 bits per heavy atom. The van der Waals surface area contributed by atoms with E-state index in [2.05, 4.69) is 24.3 Å². The minimum atomic E-state index is -0.385. The summed E-state index contributed by atoms with van der Waals surface area (Å²) in [5.41, 5.74) is 3.42. The lowest BCUT2D eigenvalue weighted by Crippen LogP contribution is -2.13. The van der Waals surface area contributed by atoms with Crippen LogP contribution in [0.25, 0.3) is 0 Å². The Kier molecular flexibility index (Phi) is 3.03. The number of hydrogen-bond acceptors (Lipinski definition) is 2. The molecule has 1 atom stereocenters. The maximum atomic E-state index is 9.97. The van der Waals surface area contributed by atoms with E-state index < -0.39 is 0 Å². The van der Waals surface area contributed by atoms with Gasteiger partial charge in [0.25, 0.3) is 0 Å². The molecule has 2 heteroatoms. The molecule has 2 aromatic rings. The minimum absolute atomic E-state index is 0.385. The van der Waals surface area contributed by atoms with Crippen LogP contribution < -0.4 is 4.74 Å². The number of aliphatic hydroxyl groups excluding tert-OH is 1. The average Bonchev–Trinajstić information content (AvgIpc) is 2.41. The predicted molar refractivity (Wildman–Crippen MR) is 70.8 cm³/mol. The normalized spacial score (nSPS) is 17.9. The van der Waals surface area contributed by atoms with Gasteiger partial charge in [-0.2, -0.15) is 0 Å². The van der Waals surface area contributed by atoms with Crippen LogP contribution in [0.15, 0.2) is 48.5 Å². The van der Waals surface area contributed by atoms with E-state index in [4.69, 9.17) is 4.74 Å². The van der Waals surface area contributed by atoms with Crippen LogP contribution in [0.3, 0.4) is 0 Å². The molecule has 0 spiro atoms. The van der Waals surface area contributed by atoms with E-state index in [-0.39, 0.29) is 6.10 Å². The van der Waals surface area contributed by atoms with Crippen molar-refractivity contribution in [1.29, 1.82) is 0 Å². The third kappa shape index (κ3) is 2.24. The summed E-state index contributed by atoms with van der Waals surface area (Å²) < 4.78 is 5.54. The summed E-state index contributed by atoms with van der Waals surface area (Å²) in [5, 5.41) is 9.97. The summed E-state index contributed by atoms with van der Waals surface area (Å²) in [7, 11) is 0. The Bertz CT molecular complexity index is 534. The van der Waals surface area contributed by atoms with Crippen LogP contribution in [-0.4, -0.2) is 11.7 Å². The van der Waals surface area contributed by atoms with Crippen molar-refractivity contribution >= 4 is 0 Å². The van der Waals surface area contributed by atoms with E-state index in [1.165, 1.54) is 11.1 Å². The van der Waals surface area contributed by atoms with E-state index >= 15 is 0 Å². The molecule has 3 rings (SSSR count). The smallest absolute Gasteiger partial charge is 0.125 e. The zero-order valence-electron chi connectivity index (χ0n) is 10.2. The van der Waals surface area contributed by atoms with Gasteiger partial charge in [0.05, 0.1) is 12.7 Å². The molecule has 1 heterocycles.